The van der Waals surface area contributed by atoms with Crippen LogP contribution in [-0.4, -0.2) is 11.9 Å². The van der Waals surface area contributed by atoms with E-state index in [9.17, 15) is 4.79 Å². The Morgan fingerprint density at radius 2 is 1.70 bits per heavy atom. The van der Waals surface area contributed by atoms with Gasteiger partial charge >= 0.3 is 0 Å². The van der Waals surface area contributed by atoms with E-state index >= 15 is 0 Å². The summed E-state index contributed by atoms with van der Waals surface area (Å²) in [5.74, 6) is 0.142. The van der Waals surface area contributed by atoms with E-state index in [0.717, 1.165) is 19.3 Å². The number of benzene rings is 2. The zero-order valence-corrected chi connectivity index (χ0v) is 14.4. The molecule has 1 atom stereocenters. The van der Waals surface area contributed by atoms with Gasteiger partial charge in [0, 0.05) is 12.5 Å². The Hall–Kier alpha value is -2.09. The summed E-state index contributed by atoms with van der Waals surface area (Å²) < 4.78 is 0. The van der Waals surface area contributed by atoms with Gasteiger partial charge in [0.05, 0.1) is 0 Å². The Bertz CT molecular complexity index is 634. The van der Waals surface area contributed by atoms with Crippen molar-refractivity contribution in [3.05, 3.63) is 70.8 Å². The van der Waals surface area contributed by atoms with Crippen molar-refractivity contribution in [3.8, 4) is 0 Å². The first-order valence-electron chi connectivity index (χ1n) is 8.44. The number of carbonyl (C=O) groups excluding carboxylic acids is 1. The van der Waals surface area contributed by atoms with Gasteiger partial charge in [-0.1, -0.05) is 48.5 Å². The largest absolute Gasteiger partial charge is 0.354 e. The smallest absolute Gasteiger partial charge is 0.220 e. The molecule has 0 aliphatic heterocycles. The molecule has 0 fully saturated rings. The van der Waals surface area contributed by atoms with Crippen molar-refractivity contribution in [2.45, 2.75) is 52.5 Å². The maximum absolute atomic E-state index is 12.1. The van der Waals surface area contributed by atoms with E-state index in [1.54, 1.807) is 0 Å². The maximum Gasteiger partial charge on any atom is 0.220 e. The Kier molecular flexibility index (Phi) is 6.40. The van der Waals surface area contributed by atoms with E-state index in [1.165, 1.54) is 22.3 Å². The zero-order valence-electron chi connectivity index (χ0n) is 14.4. The van der Waals surface area contributed by atoms with Crippen LogP contribution in [0.15, 0.2) is 48.5 Å². The summed E-state index contributed by atoms with van der Waals surface area (Å²) in [6.45, 7) is 6.31. The van der Waals surface area contributed by atoms with Gasteiger partial charge in [0.2, 0.25) is 5.91 Å². The fourth-order valence-electron chi connectivity index (χ4n) is 2.66. The van der Waals surface area contributed by atoms with E-state index in [1.807, 2.05) is 6.07 Å². The highest BCUT2D eigenvalue weighted by Crippen LogP contribution is 2.11. The average molecular weight is 309 g/mol. The molecule has 0 aliphatic carbocycles. The van der Waals surface area contributed by atoms with E-state index in [4.69, 9.17) is 0 Å². The van der Waals surface area contributed by atoms with Crippen LogP contribution in [0.4, 0.5) is 0 Å². The molecule has 0 bridgehead atoms. The van der Waals surface area contributed by atoms with E-state index < -0.39 is 0 Å². The standard InChI is InChI=1S/C21H27NO/c1-16-9-11-20(15-17(16)2)13-14-21(23)22-18(3)10-12-19-7-5-4-6-8-19/h4-9,11,15,18H,10,12-14H2,1-3H3,(H,22,23)/t18-/m0/s1. The summed E-state index contributed by atoms with van der Waals surface area (Å²) in [4.78, 5) is 12.1. The summed E-state index contributed by atoms with van der Waals surface area (Å²) in [6, 6.07) is 17.1. The molecule has 0 unspecified atom stereocenters. The summed E-state index contributed by atoms with van der Waals surface area (Å²) >= 11 is 0. The number of aryl methyl sites for hydroxylation is 4. The molecule has 0 heterocycles. The highest BCUT2D eigenvalue weighted by atomic mass is 16.1. The van der Waals surface area contributed by atoms with Gasteiger partial charge in [-0.3, -0.25) is 4.79 Å². The highest BCUT2D eigenvalue weighted by Gasteiger charge is 2.08. The molecule has 2 nitrogen and oxygen atoms in total. The molecular formula is C21H27NO. The predicted octanol–water partition coefficient (Wildman–Crippen LogP) is 4.37. The lowest BCUT2D eigenvalue weighted by Crippen LogP contribution is -2.33. The van der Waals surface area contributed by atoms with Crippen LogP contribution in [0.5, 0.6) is 0 Å². The van der Waals surface area contributed by atoms with Crippen molar-refractivity contribution in [3.63, 3.8) is 0 Å². The van der Waals surface area contributed by atoms with Gasteiger partial charge in [-0.2, -0.15) is 0 Å². The van der Waals surface area contributed by atoms with Gasteiger partial charge < -0.3 is 5.32 Å². The van der Waals surface area contributed by atoms with E-state index in [2.05, 4.69) is 68.6 Å². The first-order valence-corrected chi connectivity index (χ1v) is 8.44. The van der Waals surface area contributed by atoms with Crippen LogP contribution in [0, 0.1) is 13.8 Å². The third-order valence-corrected chi connectivity index (χ3v) is 4.33. The summed E-state index contributed by atoms with van der Waals surface area (Å²) in [7, 11) is 0. The van der Waals surface area contributed by atoms with Crippen LogP contribution < -0.4 is 5.32 Å². The average Bonchev–Trinajstić information content (AvgIpc) is 2.55. The Morgan fingerprint density at radius 3 is 2.39 bits per heavy atom. The third kappa shape index (κ3) is 5.90. The van der Waals surface area contributed by atoms with Crippen LogP contribution in [0.3, 0.4) is 0 Å². The number of hydrogen-bond donors (Lipinski definition) is 1. The number of rotatable bonds is 7. The topological polar surface area (TPSA) is 29.1 Å². The second kappa shape index (κ2) is 8.52. The van der Waals surface area contributed by atoms with Crippen LogP contribution in [0.2, 0.25) is 0 Å². The normalized spacial score (nSPS) is 12.0. The molecule has 0 saturated heterocycles. The minimum Gasteiger partial charge on any atom is -0.354 e. The van der Waals surface area contributed by atoms with Crippen molar-refractivity contribution < 1.29 is 4.79 Å². The molecule has 0 aromatic heterocycles. The maximum atomic E-state index is 12.1. The fourth-order valence-corrected chi connectivity index (χ4v) is 2.66. The molecule has 0 spiro atoms. The van der Waals surface area contributed by atoms with Gasteiger partial charge in [-0.25, -0.2) is 0 Å². The minimum absolute atomic E-state index is 0.142. The second-order valence-electron chi connectivity index (χ2n) is 6.41. The number of carbonyl (C=O) groups is 1. The molecular weight excluding hydrogens is 282 g/mol. The second-order valence-corrected chi connectivity index (χ2v) is 6.41. The molecule has 2 rings (SSSR count). The first kappa shape index (κ1) is 17.3. The molecule has 0 radical (unpaired) electrons. The Labute approximate surface area is 139 Å². The lowest BCUT2D eigenvalue weighted by atomic mass is 10.0. The molecule has 2 aromatic rings. The fraction of sp³-hybridized carbons (Fsp3) is 0.381. The van der Waals surface area contributed by atoms with Gasteiger partial charge in [-0.05, 0) is 62.3 Å². The monoisotopic (exact) mass is 309 g/mol. The predicted molar refractivity (Wildman–Crippen MR) is 96.6 cm³/mol. The SMILES string of the molecule is Cc1ccc(CCC(=O)N[C@@H](C)CCc2ccccc2)cc1C. The Morgan fingerprint density at radius 1 is 0.957 bits per heavy atom. The van der Waals surface area contributed by atoms with E-state index in [-0.39, 0.29) is 11.9 Å². The Balaban J connectivity index is 1.72. The van der Waals surface area contributed by atoms with Gasteiger partial charge in [-0.15, -0.1) is 0 Å². The minimum atomic E-state index is 0.142. The van der Waals surface area contributed by atoms with Crippen molar-refractivity contribution >= 4 is 5.91 Å². The quantitative estimate of drug-likeness (QED) is 0.808. The number of hydrogen-bond acceptors (Lipinski definition) is 1. The van der Waals surface area contributed by atoms with Crippen molar-refractivity contribution in [2.24, 2.45) is 0 Å². The van der Waals surface area contributed by atoms with Crippen LogP contribution in [0.25, 0.3) is 0 Å². The lowest BCUT2D eigenvalue weighted by Gasteiger charge is -2.14. The van der Waals surface area contributed by atoms with Crippen molar-refractivity contribution in [2.75, 3.05) is 0 Å². The number of nitrogens with one attached hydrogen (secondary N) is 1. The third-order valence-electron chi connectivity index (χ3n) is 4.33. The molecule has 23 heavy (non-hydrogen) atoms. The molecule has 2 heteroatoms. The van der Waals surface area contributed by atoms with Crippen LogP contribution >= 0.6 is 0 Å². The molecule has 1 amide bonds. The van der Waals surface area contributed by atoms with Crippen LogP contribution in [-0.2, 0) is 17.6 Å². The lowest BCUT2D eigenvalue weighted by molar-refractivity contribution is -0.121. The first-order chi connectivity index (χ1) is 11.0. The highest BCUT2D eigenvalue weighted by molar-refractivity contribution is 5.76. The molecule has 0 saturated carbocycles. The summed E-state index contributed by atoms with van der Waals surface area (Å²) in [5, 5.41) is 3.11. The zero-order chi connectivity index (χ0) is 16.7. The van der Waals surface area contributed by atoms with E-state index in [0.29, 0.717) is 6.42 Å². The number of amides is 1. The van der Waals surface area contributed by atoms with Crippen LogP contribution in [0.1, 0.15) is 42.0 Å². The molecule has 1 N–H and O–H groups in total. The molecule has 0 aliphatic rings. The summed E-state index contributed by atoms with van der Waals surface area (Å²) in [5.41, 5.74) is 5.15. The molecule has 2 aromatic carbocycles. The summed E-state index contributed by atoms with van der Waals surface area (Å²) in [6.07, 6.45) is 3.33. The van der Waals surface area contributed by atoms with Crippen molar-refractivity contribution in [1.82, 2.24) is 5.32 Å². The van der Waals surface area contributed by atoms with Gasteiger partial charge in [0.25, 0.3) is 0 Å². The molecule has 122 valence electrons. The van der Waals surface area contributed by atoms with Crippen molar-refractivity contribution in [1.29, 1.82) is 0 Å². The van der Waals surface area contributed by atoms with Gasteiger partial charge in [0.1, 0.15) is 0 Å². The van der Waals surface area contributed by atoms with Gasteiger partial charge in [0.15, 0.2) is 0 Å².